The number of nitrogens with zero attached hydrogens (tertiary/aromatic N) is 1. The van der Waals surface area contributed by atoms with Crippen LogP contribution in [-0.2, 0) is 0 Å². The normalized spacial score (nSPS) is 18.9. The van der Waals surface area contributed by atoms with Crippen LogP contribution in [0.2, 0.25) is 0 Å². The number of halogens is 1. The molecule has 0 aliphatic carbocycles. The minimum Gasteiger partial charge on any atom is -1.00 e. The second kappa shape index (κ2) is 8.30. The summed E-state index contributed by atoms with van der Waals surface area (Å²) in [5.41, 5.74) is 0. The van der Waals surface area contributed by atoms with Crippen molar-refractivity contribution in [2.75, 3.05) is 19.6 Å². The molecule has 1 rings (SSSR count). The van der Waals surface area contributed by atoms with Gasteiger partial charge in [0.1, 0.15) is 0 Å². The maximum absolute atomic E-state index is 2.49. The van der Waals surface area contributed by atoms with E-state index in [0.29, 0.717) is 0 Å². The number of hydrogen-bond acceptors (Lipinski definition) is 1. The number of likely N-dealkylation sites (tertiary alicyclic amines) is 1. The third-order valence-corrected chi connectivity index (χ3v) is 1.75. The molecule has 10 heavy (non-hydrogen) atoms. The maximum Gasteiger partial charge on any atom is 2.00 e. The van der Waals surface area contributed by atoms with Gasteiger partial charge in [0.05, 0.1) is 0 Å². The van der Waals surface area contributed by atoms with Crippen molar-refractivity contribution >= 4 is 23.1 Å². The van der Waals surface area contributed by atoms with E-state index in [1.165, 1.54) is 32.5 Å². The van der Waals surface area contributed by atoms with Crippen LogP contribution < -0.4 is 17.0 Å². The molecule has 1 saturated heterocycles. The van der Waals surface area contributed by atoms with Gasteiger partial charge in [0.25, 0.3) is 0 Å². The van der Waals surface area contributed by atoms with Gasteiger partial charge in [-0.25, -0.2) is 0 Å². The van der Waals surface area contributed by atoms with Gasteiger partial charge in [-0.15, -0.1) is 0 Å². The molecular weight excluding hydrogens is 202 g/mol. The zero-order valence-corrected chi connectivity index (χ0v) is 9.65. The molecule has 0 saturated carbocycles. The topological polar surface area (TPSA) is 3.24 Å². The summed E-state index contributed by atoms with van der Waals surface area (Å²) in [6, 6.07) is 0. The summed E-state index contributed by atoms with van der Waals surface area (Å²) < 4.78 is 0. The maximum atomic E-state index is 2.49. The van der Waals surface area contributed by atoms with Crippen LogP contribution in [0.4, 0.5) is 0 Å². The van der Waals surface area contributed by atoms with Gasteiger partial charge < -0.3 is 28.3 Å². The van der Waals surface area contributed by atoms with E-state index >= 15 is 0 Å². The van der Waals surface area contributed by atoms with Gasteiger partial charge in [0.15, 0.2) is 0 Å². The minimum atomic E-state index is 0. The average Bonchev–Trinajstić information content (AvgIpc) is 1.90. The minimum absolute atomic E-state index is 0. The van der Waals surface area contributed by atoms with Gasteiger partial charge in [0, 0.05) is 0 Å². The van der Waals surface area contributed by atoms with E-state index in [4.69, 9.17) is 0 Å². The Morgan fingerprint density at radius 3 is 2.10 bits per heavy atom. The molecule has 0 aromatic rings. The Morgan fingerprint density at radius 2 is 1.80 bits per heavy atom. The molecule has 1 aliphatic rings. The molecule has 0 aromatic heterocycles. The van der Waals surface area contributed by atoms with Gasteiger partial charge in [-0.1, -0.05) is 6.92 Å². The van der Waals surface area contributed by atoms with Gasteiger partial charge in [-0.05, 0) is 19.6 Å². The van der Waals surface area contributed by atoms with Crippen LogP contribution >= 0.6 is 0 Å². The third-order valence-electron chi connectivity index (χ3n) is 1.75. The van der Waals surface area contributed by atoms with E-state index in [1.54, 1.807) is 0 Å². The van der Waals surface area contributed by atoms with Crippen LogP contribution in [0.25, 0.3) is 0 Å². The molecule has 0 spiro atoms. The molecule has 0 aromatic carbocycles. The Bertz CT molecular complexity index is 64.6. The first-order valence-corrected chi connectivity index (χ1v) is 3.47. The zero-order chi connectivity index (χ0) is 5.82. The van der Waals surface area contributed by atoms with E-state index < -0.39 is 0 Å². The molecular formula is C7H14BrMgN. The fraction of sp³-hybridized carbons (Fsp3) is 0.857. The monoisotopic (exact) mass is 215 g/mol. The summed E-state index contributed by atoms with van der Waals surface area (Å²) in [6.07, 6.45) is 4.98. The fourth-order valence-electron chi connectivity index (χ4n) is 1.12. The summed E-state index contributed by atoms with van der Waals surface area (Å²) in [5.74, 6) is 0. The van der Waals surface area contributed by atoms with Crippen molar-refractivity contribution in [3.8, 4) is 0 Å². The van der Waals surface area contributed by atoms with E-state index in [2.05, 4.69) is 18.2 Å². The van der Waals surface area contributed by atoms with Crippen molar-refractivity contribution in [3.63, 3.8) is 0 Å². The summed E-state index contributed by atoms with van der Waals surface area (Å²) in [4.78, 5) is 2.49. The Hall–Kier alpha value is 1.21. The summed E-state index contributed by atoms with van der Waals surface area (Å²) >= 11 is 0. The molecule has 1 heterocycles. The van der Waals surface area contributed by atoms with E-state index in [-0.39, 0.29) is 40.0 Å². The molecule has 56 valence electrons. The number of hydrogen-bond donors (Lipinski definition) is 0. The summed E-state index contributed by atoms with van der Waals surface area (Å²) in [6.45, 7) is 6.03. The van der Waals surface area contributed by atoms with Crippen molar-refractivity contribution < 1.29 is 17.0 Å². The summed E-state index contributed by atoms with van der Waals surface area (Å²) in [7, 11) is 0. The van der Waals surface area contributed by atoms with E-state index in [0.717, 1.165) is 0 Å². The molecule has 0 N–H and O–H groups in total. The van der Waals surface area contributed by atoms with Crippen LogP contribution in [0.5, 0.6) is 0 Å². The van der Waals surface area contributed by atoms with Crippen LogP contribution in [0.15, 0.2) is 0 Å². The smallest absolute Gasteiger partial charge is 1.00 e. The van der Waals surface area contributed by atoms with Gasteiger partial charge >= 0.3 is 23.1 Å². The van der Waals surface area contributed by atoms with Crippen molar-refractivity contribution in [1.82, 2.24) is 4.90 Å². The van der Waals surface area contributed by atoms with Crippen LogP contribution in [-0.4, -0.2) is 47.6 Å². The Balaban J connectivity index is 0. The molecule has 3 heteroatoms. The predicted molar refractivity (Wildman–Crippen MR) is 41.4 cm³/mol. The van der Waals surface area contributed by atoms with Gasteiger partial charge in [0.2, 0.25) is 0 Å². The molecule has 1 aliphatic heterocycles. The Morgan fingerprint density at radius 1 is 1.30 bits per heavy atom. The first kappa shape index (κ1) is 13.8. The Labute approximate surface area is 90.5 Å². The SMILES string of the molecule is CCN1CC[CH-]CC1.[Br-].[Mg+2]. The predicted octanol–water partition coefficient (Wildman–Crippen LogP) is -2.07. The quantitative estimate of drug-likeness (QED) is 0.360. The molecule has 1 fully saturated rings. The Kier molecular flexibility index (Phi) is 11.4. The molecule has 0 radical (unpaired) electrons. The van der Waals surface area contributed by atoms with Crippen LogP contribution in [0.1, 0.15) is 19.8 Å². The second-order valence-electron chi connectivity index (χ2n) is 2.30. The second-order valence-corrected chi connectivity index (χ2v) is 2.30. The molecule has 0 atom stereocenters. The van der Waals surface area contributed by atoms with Crippen molar-refractivity contribution in [2.45, 2.75) is 19.8 Å². The van der Waals surface area contributed by atoms with Crippen molar-refractivity contribution in [1.29, 1.82) is 0 Å². The fourth-order valence-corrected chi connectivity index (χ4v) is 1.12. The molecule has 1 nitrogen and oxygen atoms in total. The largest absolute Gasteiger partial charge is 2.00 e. The van der Waals surface area contributed by atoms with Crippen molar-refractivity contribution in [2.24, 2.45) is 0 Å². The molecule has 0 amide bonds. The summed E-state index contributed by atoms with van der Waals surface area (Å²) in [5, 5.41) is 0. The van der Waals surface area contributed by atoms with Crippen LogP contribution in [0, 0.1) is 6.42 Å². The first-order chi connectivity index (χ1) is 3.93. The first-order valence-electron chi connectivity index (χ1n) is 3.47. The zero-order valence-electron chi connectivity index (χ0n) is 6.65. The molecule has 0 unspecified atom stereocenters. The third kappa shape index (κ3) is 4.94. The van der Waals surface area contributed by atoms with E-state index in [1.807, 2.05) is 0 Å². The van der Waals surface area contributed by atoms with E-state index in [9.17, 15) is 0 Å². The number of rotatable bonds is 1. The van der Waals surface area contributed by atoms with Crippen molar-refractivity contribution in [3.05, 3.63) is 6.42 Å². The van der Waals surface area contributed by atoms with Crippen LogP contribution in [0.3, 0.4) is 0 Å². The standard InChI is InChI=1S/C7H14N.BrH.Mg/c1-2-8-6-4-3-5-7-8;;/h3H,2,4-7H2,1H3;1H;/q-1;;+2/p-1. The average molecular weight is 216 g/mol. The number of piperidine rings is 1. The van der Waals surface area contributed by atoms with Gasteiger partial charge in [-0.3, -0.25) is 0 Å². The molecule has 0 bridgehead atoms. The van der Waals surface area contributed by atoms with Gasteiger partial charge in [-0.2, -0.15) is 12.8 Å².